The zero-order chi connectivity index (χ0) is 14.4. The van der Waals surface area contributed by atoms with E-state index in [0.717, 1.165) is 25.0 Å². The van der Waals surface area contributed by atoms with Gasteiger partial charge in [-0.05, 0) is 36.8 Å². The molecule has 1 aromatic rings. The van der Waals surface area contributed by atoms with Crippen molar-refractivity contribution in [2.24, 2.45) is 5.92 Å². The summed E-state index contributed by atoms with van der Waals surface area (Å²) < 4.78 is 5.83. The minimum absolute atomic E-state index is 0.234. The number of para-hydroxylation sites is 1. The number of hydrogen-bond donors (Lipinski definition) is 0. The SMILES string of the molecule is CCC(C)c1ccccc1OCC(=O)C1CCCCC1. The second-order valence-electron chi connectivity index (χ2n) is 5.94. The fourth-order valence-corrected chi connectivity index (χ4v) is 2.93. The average molecular weight is 274 g/mol. The first kappa shape index (κ1) is 15.1. The van der Waals surface area contributed by atoms with Crippen LogP contribution in [0.3, 0.4) is 0 Å². The normalized spacial score (nSPS) is 17.7. The van der Waals surface area contributed by atoms with Crippen molar-refractivity contribution in [3.05, 3.63) is 29.8 Å². The van der Waals surface area contributed by atoms with Crippen molar-refractivity contribution in [1.29, 1.82) is 0 Å². The maximum Gasteiger partial charge on any atom is 0.173 e. The lowest BCUT2D eigenvalue weighted by Gasteiger charge is -2.21. The summed E-state index contributed by atoms with van der Waals surface area (Å²) >= 11 is 0. The van der Waals surface area contributed by atoms with Crippen molar-refractivity contribution in [3.8, 4) is 5.75 Å². The monoisotopic (exact) mass is 274 g/mol. The summed E-state index contributed by atoms with van der Waals surface area (Å²) in [7, 11) is 0. The number of Topliss-reactive ketones (excluding diaryl/α,β-unsaturated/α-hetero) is 1. The zero-order valence-corrected chi connectivity index (χ0v) is 12.7. The van der Waals surface area contributed by atoms with E-state index in [-0.39, 0.29) is 18.3 Å². The third-order valence-corrected chi connectivity index (χ3v) is 4.49. The molecule has 1 aromatic carbocycles. The van der Waals surface area contributed by atoms with Crippen molar-refractivity contribution in [2.45, 2.75) is 58.3 Å². The third kappa shape index (κ3) is 3.84. The molecule has 0 spiro atoms. The largest absolute Gasteiger partial charge is 0.486 e. The Labute approximate surface area is 122 Å². The van der Waals surface area contributed by atoms with Gasteiger partial charge in [-0.2, -0.15) is 0 Å². The Bertz CT molecular complexity index is 433. The first-order chi connectivity index (χ1) is 9.72. The van der Waals surface area contributed by atoms with Crippen molar-refractivity contribution >= 4 is 5.78 Å². The Balaban J connectivity index is 1.94. The number of benzene rings is 1. The lowest BCUT2D eigenvalue weighted by atomic mass is 9.86. The van der Waals surface area contributed by atoms with E-state index in [0.29, 0.717) is 5.92 Å². The van der Waals surface area contributed by atoms with Crippen LogP contribution in [-0.2, 0) is 4.79 Å². The summed E-state index contributed by atoms with van der Waals surface area (Å²) in [5.74, 6) is 1.87. The molecule has 2 rings (SSSR count). The summed E-state index contributed by atoms with van der Waals surface area (Å²) in [4.78, 5) is 12.2. The molecule has 2 nitrogen and oxygen atoms in total. The van der Waals surface area contributed by atoms with E-state index in [1.54, 1.807) is 0 Å². The Morgan fingerprint density at radius 3 is 2.65 bits per heavy atom. The predicted octanol–water partition coefficient (Wildman–Crippen LogP) is 4.73. The summed E-state index contributed by atoms with van der Waals surface area (Å²) in [6, 6.07) is 8.10. The van der Waals surface area contributed by atoms with Crippen molar-refractivity contribution in [1.82, 2.24) is 0 Å². The van der Waals surface area contributed by atoms with Gasteiger partial charge in [0.2, 0.25) is 0 Å². The van der Waals surface area contributed by atoms with Crippen LogP contribution < -0.4 is 4.74 Å². The highest BCUT2D eigenvalue weighted by atomic mass is 16.5. The maximum atomic E-state index is 12.2. The second-order valence-corrected chi connectivity index (χ2v) is 5.94. The molecular formula is C18H26O2. The van der Waals surface area contributed by atoms with Crippen molar-refractivity contribution < 1.29 is 9.53 Å². The van der Waals surface area contributed by atoms with E-state index in [4.69, 9.17) is 4.74 Å². The van der Waals surface area contributed by atoms with Crippen LogP contribution in [0.2, 0.25) is 0 Å². The Kier molecular flexibility index (Phi) is 5.63. The second kappa shape index (κ2) is 7.47. The molecule has 1 aliphatic carbocycles. The fraction of sp³-hybridized carbons (Fsp3) is 0.611. The van der Waals surface area contributed by atoms with E-state index in [2.05, 4.69) is 19.9 Å². The summed E-state index contributed by atoms with van der Waals surface area (Å²) in [5.41, 5.74) is 1.21. The highest BCUT2D eigenvalue weighted by molar-refractivity contribution is 5.82. The molecule has 1 saturated carbocycles. The number of ketones is 1. The van der Waals surface area contributed by atoms with Crippen molar-refractivity contribution in [2.75, 3.05) is 6.61 Å². The van der Waals surface area contributed by atoms with Gasteiger partial charge in [0.1, 0.15) is 12.4 Å². The molecule has 2 heteroatoms. The smallest absolute Gasteiger partial charge is 0.173 e. The van der Waals surface area contributed by atoms with Crippen LogP contribution in [0.5, 0.6) is 5.75 Å². The molecule has 0 aliphatic heterocycles. The standard InChI is InChI=1S/C18H26O2/c1-3-14(2)16-11-7-8-12-18(16)20-13-17(19)15-9-5-4-6-10-15/h7-8,11-12,14-15H,3-6,9-10,13H2,1-2H3. The number of carbonyl (C=O) groups excluding carboxylic acids is 1. The van der Waals surface area contributed by atoms with Crippen molar-refractivity contribution in [3.63, 3.8) is 0 Å². The van der Waals surface area contributed by atoms with Gasteiger partial charge in [-0.1, -0.05) is 51.3 Å². The molecule has 1 fully saturated rings. The minimum Gasteiger partial charge on any atom is -0.486 e. The van der Waals surface area contributed by atoms with E-state index < -0.39 is 0 Å². The molecule has 0 amide bonds. The van der Waals surface area contributed by atoms with E-state index in [1.165, 1.54) is 24.8 Å². The number of carbonyl (C=O) groups is 1. The molecule has 1 atom stereocenters. The molecule has 1 aliphatic rings. The van der Waals surface area contributed by atoms with Crippen LogP contribution in [0.15, 0.2) is 24.3 Å². The van der Waals surface area contributed by atoms with Crippen LogP contribution in [-0.4, -0.2) is 12.4 Å². The van der Waals surface area contributed by atoms with Gasteiger partial charge in [-0.15, -0.1) is 0 Å². The van der Waals surface area contributed by atoms with E-state index in [9.17, 15) is 4.79 Å². The van der Waals surface area contributed by atoms with Gasteiger partial charge in [0.15, 0.2) is 5.78 Å². The number of hydrogen-bond acceptors (Lipinski definition) is 2. The molecule has 20 heavy (non-hydrogen) atoms. The van der Waals surface area contributed by atoms with E-state index in [1.807, 2.05) is 18.2 Å². The Morgan fingerprint density at radius 1 is 1.25 bits per heavy atom. The average Bonchev–Trinajstić information content (AvgIpc) is 2.53. The van der Waals surface area contributed by atoms with Gasteiger partial charge in [0.05, 0.1) is 0 Å². The molecule has 0 bridgehead atoms. The molecule has 0 aromatic heterocycles. The first-order valence-corrected chi connectivity index (χ1v) is 7.96. The van der Waals surface area contributed by atoms with Gasteiger partial charge < -0.3 is 4.74 Å². The molecule has 0 N–H and O–H groups in total. The quantitative estimate of drug-likeness (QED) is 0.749. The van der Waals surface area contributed by atoms with Gasteiger partial charge in [0.25, 0.3) is 0 Å². The highest BCUT2D eigenvalue weighted by Crippen LogP contribution is 2.29. The Hall–Kier alpha value is -1.31. The number of ether oxygens (including phenoxy) is 1. The molecule has 0 radical (unpaired) electrons. The first-order valence-electron chi connectivity index (χ1n) is 7.96. The molecule has 110 valence electrons. The van der Waals surface area contributed by atoms with Crippen LogP contribution in [0.1, 0.15) is 63.9 Å². The topological polar surface area (TPSA) is 26.3 Å². The van der Waals surface area contributed by atoms with E-state index >= 15 is 0 Å². The fourth-order valence-electron chi connectivity index (χ4n) is 2.93. The predicted molar refractivity (Wildman–Crippen MR) is 82.2 cm³/mol. The van der Waals surface area contributed by atoms with Gasteiger partial charge in [-0.3, -0.25) is 4.79 Å². The Morgan fingerprint density at radius 2 is 1.95 bits per heavy atom. The summed E-state index contributed by atoms with van der Waals surface area (Å²) in [6.07, 6.45) is 6.85. The lowest BCUT2D eigenvalue weighted by Crippen LogP contribution is -2.23. The van der Waals surface area contributed by atoms with Crippen LogP contribution >= 0.6 is 0 Å². The molecule has 0 heterocycles. The van der Waals surface area contributed by atoms with Gasteiger partial charge in [0, 0.05) is 5.92 Å². The molecule has 0 saturated heterocycles. The van der Waals surface area contributed by atoms with Crippen LogP contribution in [0.4, 0.5) is 0 Å². The number of rotatable bonds is 6. The molecule has 1 unspecified atom stereocenters. The van der Waals surface area contributed by atoms with Gasteiger partial charge >= 0.3 is 0 Å². The van der Waals surface area contributed by atoms with Crippen LogP contribution in [0, 0.1) is 5.92 Å². The summed E-state index contributed by atoms with van der Waals surface area (Å²) in [6.45, 7) is 4.61. The zero-order valence-electron chi connectivity index (χ0n) is 12.7. The molecular weight excluding hydrogens is 248 g/mol. The van der Waals surface area contributed by atoms with Gasteiger partial charge in [-0.25, -0.2) is 0 Å². The highest BCUT2D eigenvalue weighted by Gasteiger charge is 2.21. The lowest BCUT2D eigenvalue weighted by molar-refractivity contribution is -0.125. The maximum absolute atomic E-state index is 12.2. The summed E-state index contributed by atoms with van der Waals surface area (Å²) in [5, 5.41) is 0. The minimum atomic E-state index is 0.234. The third-order valence-electron chi connectivity index (χ3n) is 4.49. The van der Waals surface area contributed by atoms with Crippen LogP contribution in [0.25, 0.3) is 0 Å².